The van der Waals surface area contributed by atoms with Crippen LogP contribution in [0.4, 0.5) is 4.39 Å². The lowest BCUT2D eigenvalue weighted by molar-refractivity contribution is 0.630. The Labute approximate surface area is 132 Å². The van der Waals surface area contributed by atoms with Crippen LogP contribution in [0.1, 0.15) is 18.3 Å². The van der Waals surface area contributed by atoms with Crippen LogP contribution in [0, 0.1) is 5.82 Å². The van der Waals surface area contributed by atoms with Gasteiger partial charge in [0.05, 0.1) is 21.9 Å². The summed E-state index contributed by atoms with van der Waals surface area (Å²) in [6, 6.07) is 11.1. The molecule has 0 atom stereocenters. The van der Waals surface area contributed by atoms with Crippen LogP contribution in [0.5, 0.6) is 0 Å². The second kappa shape index (κ2) is 5.66. The second-order valence-electron chi connectivity index (χ2n) is 4.77. The van der Waals surface area contributed by atoms with Gasteiger partial charge < -0.3 is 0 Å². The van der Waals surface area contributed by atoms with Crippen LogP contribution >= 0.6 is 23.2 Å². The Kier molecular flexibility index (Phi) is 3.87. The van der Waals surface area contributed by atoms with Gasteiger partial charge in [-0.1, -0.05) is 30.7 Å². The van der Waals surface area contributed by atoms with Gasteiger partial charge in [-0.2, -0.15) is 0 Å². The van der Waals surface area contributed by atoms with Crippen molar-refractivity contribution in [3.8, 4) is 5.69 Å². The second-order valence-corrected chi connectivity index (χ2v) is 5.45. The standard InChI is InChI=1S/C16H13Cl2FN2/c1-2-10-3-5-11(6-4-10)21-15-7-12(18)13(19)8-14(15)20-16(21)9-17/h3-8H,2,9H2,1H3. The van der Waals surface area contributed by atoms with Gasteiger partial charge in [-0.05, 0) is 30.2 Å². The summed E-state index contributed by atoms with van der Waals surface area (Å²) in [6.45, 7) is 2.11. The molecule has 0 spiro atoms. The Hall–Kier alpha value is -1.58. The largest absolute Gasteiger partial charge is 0.295 e. The molecule has 1 aromatic heterocycles. The fourth-order valence-corrected chi connectivity index (χ4v) is 2.72. The van der Waals surface area contributed by atoms with E-state index in [1.54, 1.807) is 6.07 Å². The predicted octanol–water partition coefficient (Wildman–Crippen LogP) is 5.12. The minimum atomic E-state index is -0.476. The molecule has 0 saturated heterocycles. The van der Waals surface area contributed by atoms with Gasteiger partial charge in [-0.15, -0.1) is 11.6 Å². The summed E-state index contributed by atoms with van der Waals surface area (Å²) in [4.78, 5) is 4.38. The Morgan fingerprint density at radius 2 is 1.90 bits per heavy atom. The molecule has 21 heavy (non-hydrogen) atoms. The zero-order chi connectivity index (χ0) is 15.0. The number of imidazole rings is 1. The molecule has 2 aromatic carbocycles. The number of benzene rings is 2. The van der Waals surface area contributed by atoms with Crippen molar-refractivity contribution >= 4 is 34.2 Å². The van der Waals surface area contributed by atoms with E-state index in [4.69, 9.17) is 23.2 Å². The average Bonchev–Trinajstić information content (AvgIpc) is 2.85. The summed E-state index contributed by atoms with van der Waals surface area (Å²) < 4.78 is 15.5. The van der Waals surface area contributed by atoms with E-state index in [0.717, 1.165) is 17.6 Å². The average molecular weight is 323 g/mol. The van der Waals surface area contributed by atoms with E-state index in [1.807, 2.05) is 16.7 Å². The maximum atomic E-state index is 13.6. The van der Waals surface area contributed by atoms with Crippen molar-refractivity contribution in [3.63, 3.8) is 0 Å². The lowest BCUT2D eigenvalue weighted by Crippen LogP contribution is -1.99. The number of aromatic nitrogens is 2. The van der Waals surface area contributed by atoms with E-state index in [0.29, 0.717) is 11.3 Å². The van der Waals surface area contributed by atoms with Crippen molar-refractivity contribution < 1.29 is 4.39 Å². The number of aryl methyl sites for hydroxylation is 1. The first-order chi connectivity index (χ1) is 10.1. The normalized spacial score (nSPS) is 11.2. The lowest BCUT2D eigenvalue weighted by Gasteiger charge is -2.09. The molecule has 0 saturated carbocycles. The molecule has 0 unspecified atom stereocenters. The quantitative estimate of drug-likeness (QED) is 0.612. The third-order valence-electron chi connectivity index (χ3n) is 3.49. The fourth-order valence-electron chi connectivity index (χ4n) is 2.38. The van der Waals surface area contributed by atoms with Crippen molar-refractivity contribution in [1.29, 1.82) is 0 Å². The number of rotatable bonds is 3. The highest BCUT2D eigenvalue weighted by atomic mass is 35.5. The maximum Gasteiger partial charge on any atom is 0.144 e. The summed E-state index contributed by atoms with van der Waals surface area (Å²) in [5.74, 6) is 0.428. The molecule has 3 aromatic rings. The SMILES string of the molecule is CCc1ccc(-n2c(CCl)nc3cc(F)c(Cl)cc32)cc1. The molecule has 0 bridgehead atoms. The molecule has 0 amide bonds. The minimum absolute atomic E-state index is 0.0787. The van der Waals surface area contributed by atoms with Gasteiger partial charge in [0.15, 0.2) is 0 Å². The molecule has 5 heteroatoms. The van der Waals surface area contributed by atoms with Crippen molar-refractivity contribution in [2.45, 2.75) is 19.2 Å². The van der Waals surface area contributed by atoms with Crippen LogP contribution in [0.2, 0.25) is 5.02 Å². The summed E-state index contributed by atoms with van der Waals surface area (Å²) >= 11 is 11.9. The molecule has 2 nitrogen and oxygen atoms in total. The van der Waals surface area contributed by atoms with E-state index >= 15 is 0 Å². The summed E-state index contributed by atoms with van der Waals surface area (Å²) in [5.41, 5.74) is 3.49. The van der Waals surface area contributed by atoms with Gasteiger partial charge >= 0.3 is 0 Å². The summed E-state index contributed by atoms with van der Waals surface area (Å²) in [7, 11) is 0. The molecule has 0 aliphatic heterocycles. The molecule has 0 aliphatic carbocycles. The Balaban J connectivity index is 2.25. The van der Waals surface area contributed by atoms with E-state index in [-0.39, 0.29) is 10.9 Å². The first-order valence-electron chi connectivity index (χ1n) is 6.65. The molecule has 0 radical (unpaired) electrons. The van der Waals surface area contributed by atoms with Gasteiger partial charge in [0.25, 0.3) is 0 Å². The summed E-state index contributed by atoms with van der Waals surface area (Å²) in [6.07, 6.45) is 0.977. The van der Waals surface area contributed by atoms with Crippen molar-refractivity contribution in [3.05, 3.63) is 58.6 Å². The smallest absolute Gasteiger partial charge is 0.144 e. The van der Waals surface area contributed by atoms with Gasteiger partial charge in [-0.25, -0.2) is 9.37 Å². The van der Waals surface area contributed by atoms with Crippen LogP contribution in [-0.2, 0) is 12.3 Å². The third-order valence-corrected chi connectivity index (χ3v) is 4.02. The number of fused-ring (bicyclic) bond motifs is 1. The van der Waals surface area contributed by atoms with Crippen molar-refractivity contribution in [2.24, 2.45) is 0 Å². The predicted molar refractivity (Wildman–Crippen MR) is 85.0 cm³/mol. The number of nitrogens with zero attached hydrogens (tertiary/aromatic N) is 2. The highest BCUT2D eigenvalue weighted by molar-refractivity contribution is 6.31. The van der Waals surface area contributed by atoms with Crippen LogP contribution in [0.25, 0.3) is 16.7 Å². The maximum absolute atomic E-state index is 13.6. The highest BCUT2D eigenvalue weighted by Crippen LogP contribution is 2.27. The van der Waals surface area contributed by atoms with Gasteiger partial charge in [0.2, 0.25) is 0 Å². The highest BCUT2D eigenvalue weighted by Gasteiger charge is 2.14. The molecule has 3 rings (SSSR count). The number of hydrogen-bond donors (Lipinski definition) is 0. The topological polar surface area (TPSA) is 17.8 Å². The molecule has 1 heterocycles. The molecule has 0 fully saturated rings. The minimum Gasteiger partial charge on any atom is -0.295 e. The fraction of sp³-hybridized carbons (Fsp3) is 0.188. The molecule has 0 N–H and O–H groups in total. The third kappa shape index (κ3) is 2.52. The number of halogens is 3. The van der Waals surface area contributed by atoms with Crippen LogP contribution < -0.4 is 0 Å². The number of hydrogen-bond acceptors (Lipinski definition) is 1. The molecule has 108 valence electrons. The zero-order valence-corrected chi connectivity index (χ0v) is 12.9. The first-order valence-corrected chi connectivity index (χ1v) is 7.57. The Bertz CT molecular complexity index is 794. The zero-order valence-electron chi connectivity index (χ0n) is 11.4. The van der Waals surface area contributed by atoms with E-state index in [1.165, 1.54) is 11.6 Å². The van der Waals surface area contributed by atoms with E-state index in [2.05, 4.69) is 24.0 Å². The van der Waals surface area contributed by atoms with E-state index in [9.17, 15) is 4.39 Å². The van der Waals surface area contributed by atoms with Crippen LogP contribution in [0.15, 0.2) is 36.4 Å². The first kappa shape index (κ1) is 14.4. The van der Waals surface area contributed by atoms with Crippen LogP contribution in [-0.4, -0.2) is 9.55 Å². The van der Waals surface area contributed by atoms with Gasteiger partial charge in [0, 0.05) is 11.8 Å². The Morgan fingerprint density at radius 3 is 2.52 bits per heavy atom. The van der Waals surface area contributed by atoms with Crippen LogP contribution in [0.3, 0.4) is 0 Å². The Morgan fingerprint density at radius 1 is 1.19 bits per heavy atom. The van der Waals surface area contributed by atoms with Gasteiger partial charge in [-0.3, -0.25) is 4.57 Å². The summed E-state index contributed by atoms with van der Waals surface area (Å²) in [5, 5.41) is 0.0787. The van der Waals surface area contributed by atoms with Crippen molar-refractivity contribution in [1.82, 2.24) is 9.55 Å². The molecular weight excluding hydrogens is 310 g/mol. The lowest BCUT2D eigenvalue weighted by atomic mass is 10.1. The molecular formula is C16H13Cl2FN2. The van der Waals surface area contributed by atoms with Crippen molar-refractivity contribution in [2.75, 3.05) is 0 Å². The monoisotopic (exact) mass is 322 g/mol. The number of alkyl halides is 1. The van der Waals surface area contributed by atoms with Gasteiger partial charge in [0.1, 0.15) is 11.6 Å². The molecule has 0 aliphatic rings. The van der Waals surface area contributed by atoms with E-state index < -0.39 is 5.82 Å².